The second-order valence-corrected chi connectivity index (χ2v) is 6.62. The molecule has 0 saturated carbocycles. The van der Waals surface area contributed by atoms with Crippen LogP contribution in [-0.4, -0.2) is 28.2 Å². The van der Waals surface area contributed by atoms with Crippen LogP contribution in [0, 0.1) is 0 Å². The predicted octanol–water partition coefficient (Wildman–Crippen LogP) is 4.05. The van der Waals surface area contributed by atoms with E-state index in [1.54, 1.807) is 24.3 Å². The van der Waals surface area contributed by atoms with Crippen molar-refractivity contribution in [2.75, 3.05) is 11.9 Å². The number of hydrogen-bond acceptors (Lipinski definition) is 5. The third-order valence-corrected chi connectivity index (χ3v) is 4.27. The molecule has 0 unspecified atom stereocenters. The van der Waals surface area contributed by atoms with Crippen LogP contribution in [0.4, 0.5) is 11.5 Å². The molecule has 2 aromatic carbocycles. The first-order chi connectivity index (χ1) is 13.5. The first kappa shape index (κ1) is 19.5. The molecule has 1 heterocycles. The van der Waals surface area contributed by atoms with Crippen molar-refractivity contribution in [3.8, 4) is 0 Å². The van der Waals surface area contributed by atoms with Crippen LogP contribution in [0.25, 0.3) is 0 Å². The number of anilines is 2. The predicted molar refractivity (Wildman–Crippen MR) is 109 cm³/mol. The summed E-state index contributed by atoms with van der Waals surface area (Å²) in [6.07, 6.45) is 3.58. The van der Waals surface area contributed by atoms with Crippen molar-refractivity contribution in [1.82, 2.24) is 15.3 Å². The zero-order valence-corrected chi connectivity index (χ0v) is 16.0. The number of benzene rings is 2. The molecule has 2 N–H and O–H groups in total. The molecule has 6 nitrogen and oxygen atoms in total. The molecule has 3 rings (SSSR count). The summed E-state index contributed by atoms with van der Waals surface area (Å²) in [4.78, 5) is 31.8. The molecule has 0 radical (unpaired) electrons. The van der Waals surface area contributed by atoms with E-state index in [4.69, 9.17) is 11.6 Å². The summed E-state index contributed by atoms with van der Waals surface area (Å²) >= 11 is 5.95. The lowest BCUT2D eigenvalue weighted by molar-refractivity contribution is 0.0948. The fourth-order valence-electron chi connectivity index (χ4n) is 2.55. The second-order valence-electron chi connectivity index (χ2n) is 6.18. The number of Topliss-reactive ketones (excluding diaryl/α,β-unsaturated/α-hetero) is 1. The molecule has 28 heavy (non-hydrogen) atoms. The first-order valence-corrected chi connectivity index (χ1v) is 9.12. The van der Waals surface area contributed by atoms with Gasteiger partial charge in [-0.3, -0.25) is 9.59 Å². The maximum atomic E-state index is 12.2. The standard InChI is InChI=1S/C21H19ClN4O2/c1-14(27)16-5-7-18(8-6-16)26-20-13-24-19(12-25-20)21(28)23-10-9-15-3-2-4-17(22)11-15/h2-8,11-13H,9-10H2,1H3,(H,23,28)(H,25,26). The van der Waals surface area contributed by atoms with Gasteiger partial charge in [-0.1, -0.05) is 23.7 Å². The van der Waals surface area contributed by atoms with Gasteiger partial charge in [0, 0.05) is 22.8 Å². The molecule has 3 aromatic rings. The summed E-state index contributed by atoms with van der Waals surface area (Å²) in [7, 11) is 0. The molecule has 0 aliphatic rings. The number of hydrogen-bond donors (Lipinski definition) is 2. The molecule has 0 atom stereocenters. The van der Waals surface area contributed by atoms with E-state index in [1.165, 1.54) is 19.3 Å². The highest BCUT2D eigenvalue weighted by molar-refractivity contribution is 6.30. The minimum Gasteiger partial charge on any atom is -0.350 e. The largest absolute Gasteiger partial charge is 0.350 e. The van der Waals surface area contributed by atoms with E-state index in [-0.39, 0.29) is 17.4 Å². The SMILES string of the molecule is CC(=O)c1ccc(Nc2cnc(C(=O)NCCc3cccc(Cl)c3)cn2)cc1. The average molecular weight is 395 g/mol. The van der Waals surface area contributed by atoms with E-state index in [9.17, 15) is 9.59 Å². The van der Waals surface area contributed by atoms with Crippen LogP contribution in [0.5, 0.6) is 0 Å². The van der Waals surface area contributed by atoms with Crippen LogP contribution in [0.2, 0.25) is 5.02 Å². The zero-order chi connectivity index (χ0) is 19.9. The Bertz CT molecular complexity index is 972. The van der Waals surface area contributed by atoms with E-state index in [2.05, 4.69) is 20.6 Å². The van der Waals surface area contributed by atoms with Crippen LogP contribution < -0.4 is 10.6 Å². The fraction of sp³-hybridized carbons (Fsp3) is 0.143. The monoisotopic (exact) mass is 394 g/mol. The summed E-state index contributed by atoms with van der Waals surface area (Å²) in [5, 5.41) is 6.57. The average Bonchev–Trinajstić information content (AvgIpc) is 2.69. The molecule has 0 aliphatic heterocycles. The molecule has 0 spiro atoms. The summed E-state index contributed by atoms with van der Waals surface area (Å²) in [6.45, 7) is 2.00. The Morgan fingerprint density at radius 2 is 1.82 bits per heavy atom. The third kappa shape index (κ3) is 5.37. The molecule has 0 bridgehead atoms. The van der Waals surface area contributed by atoms with Gasteiger partial charge in [0.25, 0.3) is 5.91 Å². The Kier molecular flexibility index (Phi) is 6.34. The topological polar surface area (TPSA) is 84.0 Å². The molecule has 1 amide bonds. The Labute approximate surface area is 168 Å². The smallest absolute Gasteiger partial charge is 0.271 e. The molecule has 142 valence electrons. The second kappa shape index (κ2) is 9.10. The lowest BCUT2D eigenvalue weighted by Crippen LogP contribution is -2.26. The summed E-state index contributed by atoms with van der Waals surface area (Å²) in [6, 6.07) is 14.6. The van der Waals surface area contributed by atoms with Crippen molar-refractivity contribution in [2.24, 2.45) is 0 Å². The van der Waals surface area contributed by atoms with E-state index in [0.29, 0.717) is 29.4 Å². The first-order valence-electron chi connectivity index (χ1n) is 8.74. The normalized spacial score (nSPS) is 10.4. The summed E-state index contributed by atoms with van der Waals surface area (Å²) < 4.78 is 0. The summed E-state index contributed by atoms with van der Waals surface area (Å²) in [5.74, 6) is 0.231. The highest BCUT2D eigenvalue weighted by atomic mass is 35.5. The van der Waals surface area contributed by atoms with Gasteiger partial charge in [0.1, 0.15) is 11.5 Å². The van der Waals surface area contributed by atoms with Crippen molar-refractivity contribution in [2.45, 2.75) is 13.3 Å². The van der Waals surface area contributed by atoms with Crippen molar-refractivity contribution in [3.05, 3.63) is 82.8 Å². The van der Waals surface area contributed by atoms with Gasteiger partial charge >= 0.3 is 0 Å². The van der Waals surface area contributed by atoms with Gasteiger partial charge < -0.3 is 10.6 Å². The Morgan fingerprint density at radius 1 is 1.04 bits per heavy atom. The maximum absolute atomic E-state index is 12.2. The number of amides is 1. The van der Waals surface area contributed by atoms with Gasteiger partial charge in [-0.15, -0.1) is 0 Å². The minimum atomic E-state index is -0.285. The maximum Gasteiger partial charge on any atom is 0.271 e. The number of halogens is 1. The third-order valence-electron chi connectivity index (χ3n) is 4.04. The highest BCUT2D eigenvalue weighted by Gasteiger charge is 2.08. The van der Waals surface area contributed by atoms with Crippen LogP contribution in [0.15, 0.2) is 60.9 Å². The molecule has 7 heteroatoms. The van der Waals surface area contributed by atoms with Gasteiger partial charge in [0.2, 0.25) is 0 Å². The lowest BCUT2D eigenvalue weighted by Gasteiger charge is -2.07. The van der Waals surface area contributed by atoms with Crippen LogP contribution >= 0.6 is 11.6 Å². The van der Waals surface area contributed by atoms with Crippen molar-refractivity contribution >= 4 is 34.8 Å². The van der Waals surface area contributed by atoms with Crippen LogP contribution in [0.1, 0.15) is 33.3 Å². The van der Waals surface area contributed by atoms with Gasteiger partial charge in [0.15, 0.2) is 5.78 Å². The number of aromatic nitrogens is 2. The minimum absolute atomic E-state index is 0.0112. The lowest BCUT2D eigenvalue weighted by atomic mass is 10.1. The van der Waals surface area contributed by atoms with Crippen LogP contribution in [0.3, 0.4) is 0 Å². The van der Waals surface area contributed by atoms with Gasteiger partial charge in [-0.05, 0) is 55.3 Å². The number of nitrogens with zero attached hydrogens (tertiary/aromatic N) is 2. The molecule has 1 aromatic heterocycles. The summed E-state index contributed by atoms with van der Waals surface area (Å²) in [5.41, 5.74) is 2.71. The Morgan fingerprint density at radius 3 is 2.46 bits per heavy atom. The van der Waals surface area contributed by atoms with E-state index >= 15 is 0 Å². The number of rotatable bonds is 7. The van der Waals surface area contributed by atoms with Gasteiger partial charge in [-0.25, -0.2) is 9.97 Å². The van der Waals surface area contributed by atoms with Crippen molar-refractivity contribution in [1.29, 1.82) is 0 Å². The van der Waals surface area contributed by atoms with Gasteiger partial charge in [-0.2, -0.15) is 0 Å². The zero-order valence-electron chi connectivity index (χ0n) is 15.3. The number of nitrogens with one attached hydrogen (secondary N) is 2. The van der Waals surface area contributed by atoms with E-state index < -0.39 is 0 Å². The van der Waals surface area contributed by atoms with Crippen LogP contribution in [-0.2, 0) is 6.42 Å². The van der Waals surface area contributed by atoms with Gasteiger partial charge in [0.05, 0.1) is 12.4 Å². The Balaban J connectivity index is 1.53. The molecular weight excluding hydrogens is 376 g/mol. The van der Waals surface area contributed by atoms with Crippen molar-refractivity contribution < 1.29 is 9.59 Å². The molecule has 0 aliphatic carbocycles. The van der Waals surface area contributed by atoms with E-state index in [1.807, 2.05) is 24.3 Å². The Hall–Kier alpha value is -3.25. The number of ketones is 1. The van der Waals surface area contributed by atoms with Crippen molar-refractivity contribution in [3.63, 3.8) is 0 Å². The fourth-order valence-corrected chi connectivity index (χ4v) is 2.76. The van der Waals surface area contributed by atoms with E-state index in [0.717, 1.165) is 11.3 Å². The number of carbonyl (C=O) groups is 2. The molecule has 0 fully saturated rings. The molecular formula is C21H19ClN4O2. The highest BCUT2D eigenvalue weighted by Crippen LogP contribution is 2.15. The quantitative estimate of drug-likeness (QED) is 0.590. The molecule has 0 saturated heterocycles. The number of carbonyl (C=O) groups excluding carboxylic acids is 2.